The summed E-state index contributed by atoms with van der Waals surface area (Å²) in [6.45, 7) is 2.42. The molecule has 0 aliphatic rings. The van der Waals surface area contributed by atoms with Crippen molar-refractivity contribution in [1.82, 2.24) is 0 Å². The number of carbonyl (C=O) groups excluding carboxylic acids is 1. The molecule has 0 atom stereocenters. The fourth-order valence-corrected chi connectivity index (χ4v) is 2.95. The lowest BCUT2D eigenvalue weighted by molar-refractivity contribution is 0.0734. The van der Waals surface area contributed by atoms with Gasteiger partial charge in [-0.05, 0) is 67.1 Å². The second kappa shape index (κ2) is 11.8. The normalized spacial score (nSPS) is 10.3. The van der Waals surface area contributed by atoms with Crippen LogP contribution < -0.4 is 9.47 Å². The second-order valence-corrected chi connectivity index (χ2v) is 7.32. The van der Waals surface area contributed by atoms with Gasteiger partial charge in [0.2, 0.25) is 5.82 Å². The van der Waals surface area contributed by atoms with E-state index in [0.717, 1.165) is 25.7 Å². The summed E-state index contributed by atoms with van der Waals surface area (Å²) in [5, 5.41) is 0. The van der Waals surface area contributed by atoms with Crippen molar-refractivity contribution < 1.29 is 27.4 Å². The Hall–Kier alpha value is -3.72. The molecule has 0 bridgehead atoms. The van der Waals surface area contributed by atoms with Gasteiger partial charge in [-0.15, -0.1) is 0 Å². The van der Waals surface area contributed by atoms with Gasteiger partial charge in [-0.1, -0.05) is 38.0 Å². The molecule has 3 aromatic carbocycles. The van der Waals surface area contributed by atoms with Gasteiger partial charge in [0.05, 0.1) is 17.7 Å². The van der Waals surface area contributed by atoms with Gasteiger partial charge in [0.1, 0.15) is 11.6 Å². The predicted molar refractivity (Wildman–Crippen MR) is 120 cm³/mol. The van der Waals surface area contributed by atoms with Crippen molar-refractivity contribution in [2.45, 2.75) is 32.6 Å². The van der Waals surface area contributed by atoms with Crippen molar-refractivity contribution in [3.63, 3.8) is 0 Å². The number of ether oxygens (including phenoxy) is 2. The Bertz CT molecular complexity index is 1140. The van der Waals surface area contributed by atoms with Crippen LogP contribution in [0.4, 0.5) is 13.2 Å². The van der Waals surface area contributed by atoms with E-state index in [4.69, 9.17) is 9.47 Å². The van der Waals surface area contributed by atoms with Crippen LogP contribution in [-0.4, -0.2) is 12.6 Å². The Labute approximate surface area is 191 Å². The average Bonchev–Trinajstić information content (AvgIpc) is 2.82. The average molecular weight is 452 g/mol. The molecule has 0 aromatic heterocycles. The molecule has 0 fully saturated rings. The van der Waals surface area contributed by atoms with E-state index in [1.165, 1.54) is 48.5 Å². The minimum atomic E-state index is -1.06. The summed E-state index contributed by atoms with van der Waals surface area (Å²) in [4.78, 5) is 12.1. The van der Waals surface area contributed by atoms with Crippen LogP contribution in [0.1, 0.15) is 54.1 Å². The molecular formula is C27H23F3O3. The Kier molecular flexibility index (Phi) is 8.54. The molecule has 0 amide bonds. The maximum Gasteiger partial charge on any atom is 0.343 e. The number of benzene rings is 3. The lowest BCUT2D eigenvalue weighted by atomic mass is 10.1. The molecule has 0 aliphatic heterocycles. The highest BCUT2D eigenvalue weighted by atomic mass is 19.2. The fourth-order valence-electron chi connectivity index (χ4n) is 2.95. The van der Waals surface area contributed by atoms with Crippen molar-refractivity contribution in [2.75, 3.05) is 6.61 Å². The Morgan fingerprint density at radius 2 is 1.55 bits per heavy atom. The van der Waals surface area contributed by atoms with Crippen LogP contribution >= 0.6 is 0 Å². The summed E-state index contributed by atoms with van der Waals surface area (Å²) in [7, 11) is 0. The van der Waals surface area contributed by atoms with E-state index in [-0.39, 0.29) is 22.6 Å². The molecule has 3 nitrogen and oxygen atoms in total. The Morgan fingerprint density at radius 1 is 0.818 bits per heavy atom. The molecule has 0 radical (unpaired) electrons. The molecule has 170 valence electrons. The number of hydrogen-bond donors (Lipinski definition) is 0. The summed E-state index contributed by atoms with van der Waals surface area (Å²) in [6, 6.07) is 14.0. The molecule has 0 unspecified atom stereocenters. The molecule has 6 heteroatoms. The van der Waals surface area contributed by atoms with Crippen LogP contribution in [-0.2, 0) is 0 Å². The predicted octanol–water partition coefficient (Wildman–Crippen LogP) is 6.68. The first-order valence-corrected chi connectivity index (χ1v) is 10.7. The molecule has 0 N–H and O–H groups in total. The summed E-state index contributed by atoms with van der Waals surface area (Å²) in [5.41, 5.74) is 0.649. The maximum atomic E-state index is 14.4. The van der Waals surface area contributed by atoms with Crippen molar-refractivity contribution in [3.8, 4) is 23.3 Å². The largest absolute Gasteiger partial charge is 0.490 e. The molecule has 0 saturated carbocycles. The number of esters is 1. The molecule has 0 saturated heterocycles. The van der Waals surface area contributed by atoms with Gasteiger partial charge in [-0.2, -0.15) is 4.39 Å². The van der Waals surface area contributed by atoms with Gasteiger partial charge < -0.3 is 9.47 Å². The van der Waals surface area contributed by atoms with Gasteiger partial charge >= 0.3 is 5.97 Å². The number of halogens is 3. The molecule has 0 spiro atoms. The zero-order valence-electron chi connectivity index (χ0n) is 18.2. The van der Waals surface area contributed by atoms with E-state index in [0.29, 0.717) is 12.2 Å². The maximum absolute atomic E-state index is 14.4. The van der Waals surface area contributed by atoms with Crippen LogP contribution in [0.5, 0.6) is 11.5 Å². The van der Waals surface area contributed by atoms with E-state index in [1.54, 1.807) is 12.1 Å². The Balaban J connectivity index is 1.62. The zero-order valence-corrected chi connectivity index (χ0v) is 18.2. The first kappa shape index (κ1) is 23.9. The van der Waals surface area contributed by atoms with E-state index in [1.807, 2.05) is 0 Å². The second-order valence-electron chi connectivity index (χ2n) is 7.32. The summed E-state index contributed by atoms with van der Waals surface area (Å²) in [6.07, 6.45) is 3.92. The number of hydrogen-bond acceptors (Lipinski definition) is 3. The molecule has 3 rings (SSSR count). The minimum absolute atomic E-state index is 0.0855. The van der Waals surface area contributed by atoms with Gasteiger partial charge in [0.25, 0.3) is 0 Å². The van der Waals surface area contributed by atoms with Crippen molar-refractivity contribution >= 4 is 5.97 Å². The lowest BCUT2D eigenvalue weighted by Gasteiger charge is -2.08. The quantitative estimate of drug-likeness (QED) is 0.165. The van der Waals surface area contributed by atoms with Crippen LogP contribution in [0, 0.1) is 29.3 Å². The third kappa shape index (κ3) is 6.88. The fraction of sp³-hybridized carbons (Fsp3) is 0.222. The zero-order chi connectivity index (χ0) is 23.6. The van der Waals surface area contributed by atoms with E-state index >= 15 is 0 Å². The monoisotopic (exact) mass is 452 g/mol. The lowest BCUT2D eigenvalue weighted by Crippen LogP contribution is -2.08. The van der Waals surface area contributed by atoms with E-state index < -0.39 is 23.4 Å². The topological polar surface area (TPSA) is 35.5 Å². The van der Waals surface area contributed by atoms with Crippen molar-refractivity contribution in [3.05, 3.63) is 94.8 Å². The molecule has 33 heavy (non-hydrogen) atoms. The van der Waals surface area contributed by atoms with E-state index in [2.05, 4.69) is 18.8 Å². The smallest absolute Gasteiger partial charge is 0.343 e. The van der Waals surface area contributed by atoms with Crippen LogP contribution in [0.25, 0.3) is 0 Å². The molecule has 3 aromatic rings. The van der Waals surface area contributed by atoms with Gasteiger partial charge in [0.15, 0.2) is 11.6 Å². The van der Waals surface area contributed by atoms with Crippen molar-refractivity contribution in [1.29, 1.82) is 0 Å². The van der Waals surface area contributed by atoms with Gasteiger partial charge in [-0.25, -0.2) is 13.6 Å². The first-order chi connectivity index (χ1) is 16.0. The number of unbranched alkanes of at least 4 members (excludes halogenated alkanes) is 3. The Morgan fingerprint density at radius 3 is 2.24 bits per heavy atom. The summed E-state index contributed by atoms with van der Waals surface area (Å²) >= 11 is 0. The SMILES string of the molecule is CCCCCCOc1ccc(C#Cc2ccc(OC(=O)c3ccc(F)cc3)cc2)c(F)c1F. The van der Waals surface area contributed by atoms with Crippen molar-refractivity contribution in [2.24, 2.45) is 0 Å². The van der Waals surface area contributed by atoms with Crippen LogP contribution in [0.3, 0.4) is 0 Å². The molecule has 0 aliphatic carbocycles. The highest BCUT2D eigenvalue weighted by Crippen LogP contribution is 2.23. The first-order valence-electron chi connectivity index (χ1n) is 10.7. The highest BCUT2D eigenvalue weighted by Gasteiger charge is 2.13. The van der Waals surface area contributed by atoms with Crippen LogP contribution in [0.2, 0.25) is 0 Å². The standard InChI is InChI=1S/C27H23F3O3/c1-2-3-4-5-18-32-24-17-12-20(25(29)26(24)30)9-6-19-7-15-23(16-8-19)33-27(31)21-10-13-22(28)14-11-21/h7-8,10-17H,2-5,18H2,1H3. The molecule has 0 heterocycles. The minimum Gasteiger partial charge on any atom is -0.490 e. The van der Waals surface area contributed by atoms with E-state index in [9.17, 15) is 18.0 Å². The summed E-state index contributed by atoms with van der Waals surface area (Å²) < 4.78 is 52.1. The number of carbonyl (C=O) groups is 1. The van der Waals surface area contributed by atoms with Gasteiger partial charge in [0, 0.05) is 5.56 Å². The third-order valence-electron chi connectivity index (χ3n) is 4.79. The number of rotatable bonds is 8. The summed E-state index contributed by atoms with van der Waals surface area (Å²) in [5.74, 6) is 2.32. The van der Waals surface area contributed by atoms with Gasteiger partial charge in [-0.3, -0.25) is 0 Å². The third-order valence-corrected chi connectivity index (χ3v) is 4.79. The molecular weight excluding hydrogens is 429 g/mol. The highest BCUT2D eigenvalue weighted by molar-refractivity contribution is 5.91. The van der Waals surface area contributed by atoms with Crippen LogP contribution in [0.15, 0.2) is 60.7 Å².